The van der Waals surface area contributed by atoms with Crippen LogP contribution in [0.5, 0.6) is 0 Å². The summed E-state index contributed by atoms with van der Waals surface area (Å²) in [5.41, 5.74) is 0. The normalized spacial score (nSPS) is 31.6. The van der Waals surface area contributed by atoms with Gasteiger partial charge in [0.05, 0.1) is 5.92 Å². The van der Waals surface area contributed by atoms with Gasteiger partial charge in [-0.3, -0.25) is 4.79 Å². The first kappa shape index (κ1) is 11.2. The van der Waals surface area contributed by atoms with Crippen LogP contribution in [-0.2, 0) is 9.53 Å². The van der Waals surface area contributed by atoms with Crippen molar-refractivity contribution in [3.8, 4) is 0 Å². The van der Waals surface area contributed by atoms with Crippen LogP contribution in [0.3, 0.4) is 0 Å². The standard InChI is InChI=1S/C9H16O2S2/c1-5(12)6-4-7(9(2,3)13)11-8(6)10/h5-7,12-13H,4H2,1-3H3. The minimum Gasteiger partial charge on any atom is -0.461 e. The van der Waals surface area contributed by atoms with E-state index in [4.69, 9.17) is 4.74 Å². The second-order valence-corrected chi connectivity index (χ2v) is 6.13. The van der Waals surface area contributed by atoms with Gasteiger partial charge in [-0.1, -0.05) is 6.92 Å². The molecule has 1 fully saturated rings. The maximum absolute atomic E-state index is 11.4. The Morgan fingerprint density at radius 2 is 2.15 bits per heavy atom. The van der Waals surface area contributed by atoms with Gasteiger partial charge >= 0.3 is 5.97 Å². The number of thiol groups is 2. The number of ether oxygens (including phenoxy) is 1. The van der Waals surface area contributed by atoms with Crippen molar-refractivity contribution < 1.29 is 9.53 Å². The molecule has 1 aliphatic heterocycles. The number of esters is 1. The molecule has 0 bridgehead atoms. The van der Waals surface area contributed by atoms with E-state index in [2.05, 4.69) is 25.3 Å². The van der Waals surface area contributed by atoms with Crippen LogP contribution >= 0.6 is 25.3 Å². The van der Waals surface area contributed by atoms with E-state index in [0.717, 1.165) is 6.42 Å². The fourth-order valence-electron chi connectivity index (χ4n) is 1.43. The monoisotopic (exact) mass is 220 g/mol. The summed E-state index contributed by atoms with van der Waals surface area (Å²) in [4.78, 5) is 11.4. The van der Waals surface area contributed by atoms with Gasteiger partial charge in [0, 0.05) is 16.4 Å². The van der Waals surface area contributed by atoms with E-state index in [1.165, 1.54) is 0 Å². The van der Waals surface area contributed by atoms with Crippen LogP contribution in [0.1, 0.15) is 27.2 Å². The fourth-order valence-corrected chi connectivity index (χ4v) is 1.83. The van der Waals surface area contributed by atoms with E-state index in [9.17, 15) is 4.79 Å². The molecule has 1 rings (SSSR count). The first-order valence-electron chi connectivity index (χ1n) is 4.43. The molecule has 13 heavy (non-hydrogen) atoms. The molecular formula is C9H16O2S2. The summed E-state index contributed by atoms with van der Waals surface area (Å²) in [7, 11) is 0. The van der Waals surface area contributed by atoms with Gasteiger partial charge < -0.3 is 4.74 Å². The third kappa shape index (κ3) is 2.56. The molecule has 0 radical (unpaired) electrons. The Morgan fingerprint density at radius 1 is 1.62 bits per heavy atom. The molecule has 2 nitrogen and oxygen atoms in total. The Morgan fingerprint density at radius 3 is 2.38 bits per heavy atom. The maximum atomic E-state index is 11.4. The van der Waals surface area contributed by atoms with E-state index in [0.29, 0.717) is 0 Å². The Labute approximate surface area is 90.2 Å². The maximum Gasteiger partial charge on any atom is 0.310 e. The van der Waals surface area contributed by atoms with Crippen molar-refractivity contribution >= 4 is 31.2 Å². The number of carbonyl (C=O) groups is 1. The molecule has 0 aromatic rings. The number of hydrogen-bond donors (Lipinski definition) is 2. The number of hydrogen-bond acceptors (Lipinski definition) is 4. The first-order valence-corrected chi connectivity index (χ1v) is 5.39. The summed E-state index contributed by atoms with van der Waals surface area (Å²) in [5.74, 6) is -0.200. The predicted molar refractivity (Wildman–Crippen MR) is 59.5 cm³/mol. The smallest absolute Gasteiger partial charge is 0.310 e. The average Bonchev–Trinajstić information content (AvgIpc) is 2.29. The van der Waals surface area contributed by atoms with Crippen LogP contribution in [0.4, 0.5) is 0 Å². The van der Waals surface area contributed by atoms with Gasteiger partial charge in [-0.2, -0.15) is 25.3 Å². The van der Waals surface area contributed by atoms with Crippen molar-refractivity contribution in [3.05, 3.63) is 0 Å². The molecule has 3 atom stereocenters. The molecule has 1 heterocycles. The van der Waals surface area contributed by atoms with Gasteiger partial charge in [0.1, 0.15) is 6.10 Å². The number of rotatable bonds is 2. The van der Waals surface area contributed by atoms with Gasteiger partial charge in [-0.05, 0) is 13.8 Å². The number of cyclic esters (lactones) is 1. The zero-order valence-corrected chi connectivity index (χ0v) is 9.94. The highest BCUT2D eigenvalue weighted by atomic mass is 32.1. The van der Waals surface area contributed by atoms with E-state index in [1.807, 2.05) is 20.8 Å². The van der Waals surface area contributed by atoms with Gasteiger partial charge in [0.2, 0.25) is 0 Å². The second-order valence-electron chi connectivity index (χ2n) is 4.16. The van der Waals surface area contributed by atoms with Crippen LogP contribution in [-0.4, -0.2) is 22.1 Å². The van der Waals surface area contributed by atoms with Crippen molar-refractivity contribution in [1.29, 1.82) is 0 Å². The highest BCUT2D eigenvalue weighted by molar-refractivity contribution is 7.81. The number of carbonyl (C=O) groups excluding carboxylic acids is 1. The van der Waals surface area contributed by atoms with E-state index < -0.39 is 0 Å². The molecule has 3 unspecified atom stereocenters. The third-order valence-corrected chi connectivity index (χ3v) is 3.05. The molecule has 4 heteroatoms. The van der Waals surface area contributed by atoms with Crippen molar-refractivity contribution in [2.24, 2.45) is 5.92 Å². The fraction of sp³-hybridized carbons (Fsp3) is 0.889. The molecule has 76 valence electrons. The largest absolute Gasteiger partial charge is 0.461 e. The summed E-state index contributed by atoms with van der Waals surface area (Å²) in [6.07, 6.45) is 0.655. The molecule has 0 aromatic carbocycles. The lowest BCUT2D eigenvalue weighted by Crippen LogP contribution is -2.30. The second kappa shape index (κ2) is 3.73. The predicted octanol–water partition coefficient (Wildman–Crippen LogP) is 1.94. The zero-order valence-electron chi connectivity index (χ0n) is 8.15. The summed E-state index contributed by atoms with van der Waals surface area (Å²) in [5, 5.41) is 0.0631. The Kier molecular flexibility index (Phi) is 3.23. The zero-order chi connectivity index (χ0) is 10.2. The summed E-state index contributed by atoms with van der Waals surface area (Å²) in [6.45, 7) is 5.84. The first-order chi connectivity index (χ1) is 5.82. The topological polar surface area (TPSA) is 26.3 Å². The van der Waals surface area contributed by atoms with Crippen molar-refractivity contribution in [2.45, 2.75) is 43.3 Å². The van der Waals surface area contributed by atoms with Crippen LogP contribution < -0.4 is 0 Å². The van der Waals surface area contributed by atoms with Crippen molar-refractivity contribution in [2.75, 3.05) is 0 Å². The van der Waals surface area contributed by atoms with E-state index in [-0.39, 0.29) is 28.0 Å². The quantitative estimate of drug-likeness (QED) is 0.549. The SMILES string of the molecule is CC(S)C1CC(C(C)(C)S)OC1=O. The Hall–Kier alpha value is 0.170. The molecular weight excluding hydrogens is 204 g/mol. The molecule has 0 spiro atoms. The Balaban J connectivity index is 2.66. The lowest BCUT2D eigenvalue weighted by Gasteiger charge is -2.24. The van der Waals surface area contributed by atoms with E-state index in [1.54, 1.807) is 0 Å². The summed E-state index contributed by atoms with van der Waals surface area (Å²) >= 11 is 8.66. The van der Waals surface area contributed by atoms with Gasteiger partial charge in [-0.25, -0.2) is 0 Å². The van der Waals surface area contributed by atoms with Crippen molar-refractivity contribution in [1.82, 2.24) is 0 Å². The van der Waals surface area contributed by atoms with Gasteiger partial charge in [0.15, 0.2) is 0 Å². The Bertz CT molecular complexity index is 208. The minimum atomic E-state index is -0.257. The van der Waals surface area contributed by atoms with Crippen LogP contribution in [0.2, 0.25) is 0 Å². The van der Waals surface area contributed by atoms with Crippen LogP contribution in [0.15, 0.2) is 0 Å². The van der Waals surface area contributed by atoms with Gasteiger partial charge in [-0.15, -0.1) is 0 Å². The lowest BCUT2D eigenvalue weighted by molar-refractivity contribution is -0.144. The summed E-state index contributed by atoms with van der Waals surface area (Å²) in [6, 6.07) is 0. The van der Waals surface area contributed by atoms with Crippen LogP contribution in [0, 0.1) is 5.92 Å². The highest BCUT2D eigenvalue weighted by Crippen LogP contribution is 2.34. The third-order valence-electron chi connectivity index (χ3n) is 2.40. The molecule has 1 aliphatic rings. The molecule has 0 N–H and O–H groups in total. The molecule has 0 aromatic heterocycles. The average molecular weight is 220 g/mol. The molecule has 0 aliphatic carbocycles. The molecule has 0 amide bonds. The highest BCUT2D eigenvalue weighted by Gasteiger charge is 2.42. The minimum absolute atomic E-state index is 0.0631. The van der Waals surface area contributed by atoms with Gasteiger partial charge in [0.25, 0.3) is 0 Å². The van der Waals surface area contributed by atoms with Crippen LogP contribution in [0.25, 0.3) is 0 Å². The molecule has 0 saturated carbocycles. The molecule has 1 saturated heterocycles. The lowest BCUT2D eigenvalue weighted by atomic mass is 9.95. The summed E-state index contributed by atoms with van der Waals surface area (Å²) < 4.78 is 4.98. The van der Waals surface area contributed by atoms with E-state index >= 15 is 0 Å². The van der Waals surface area contributed by atoms with Crippen molar-refractivity contribution in [3.63, 3.8) is 0 Å².